The van der Waals surface area contributed by atoms with Gasteiger partial charge in [0.1, 0.15) is 17.3 Å². The molecule has 0 N–H and O–H groups in total. The molecule has 2 heterocycles. The van der Waals surface area contributed by atoms with Crippen molar-refractivity contribution in [3.05, 3.63) is 17.0 Å². The lowest BCUT2D eigenvalue weighted by Gasteiger charge is -2.32. The molecular formula is C14H23ClN4OS. The molecular weight excluding hydrogens is 308 g/mol. The molecule has 1 aromatic heterocycles. The van der Waals surface area contributed by atoms with Gasteiger partial charge in [-0.15, -0.1) is 0 Å². The van der Waals surface area contributed by atoms with E-state index in [0.717, 1.165) is 30.1 Å². The maximum atomic E-state index is 6.26. The Labute approximate surface area is 136 Å². The highest BCUT2D eigenvalue weighted by Gasteiger charge is 2.35. The first kappa shape index (κ1) is 16.8. The van der Waals surface area contributed by atoms with Crippen LogP contribution in [-0.2, 0) is 11.3 Å². The van der Waals surface area contributed by atoms with Gasteiger partial charge in [0.25, 0.3) is 0 Å². The number of aromatic nitrogens is 2. The molecule has 0 aliphatic carbocycles. The van der Waals surface area contributed by atoms with Crippen LogP contribution in [0.25, 0.3) is 0 Å². The van der Waals surface area contributed by atoms with Gasteiger partial charge in [0.15, 0.2) is 0 Å². The van der Waals surface area contributed by atoms with Crippen molar-refractivity contribution in [1.29, 1.82) is 0 Å². The predicted molar refractivity (Wildman–Crippen MR) is 89.4 cm³/mol. The summed E-state index contributed by atoms with van der Waals surface area (Å²) in [7, 11) is 7.83. The fourth-order valence-electron chi connectivity index (χ4n) is 2.66. The highest BCUT2D eigenvalue weighted by Crippen LogP contribution is 2.32. The second-order valence-electron chi connectivity index (χ2n) is 5.72. The average molecular weight is 331 g/mol. The van der Waals surface area contributed by atoms with Gasteiger partial charge in [-0.25, -0.2) is 9.97 Å². The van der Waals surface area contributed by atoms with E-state index in [1.165, 1.54) is 12.1 Å². The zero-order chi connectivity index (χ0) is 15.5. The van der Waals surface area contributed by atoms with Crippen molar-refractivity contribution >= 4 is 29.2 Å². The first-order valence-corrected chi connectivity index (χ1v) is 8.49. The molecule has 0 bridgehead atoms. The number of hydrogen-bond donors (Lipinski definition) is 0. The first-order valence-electron chi connectivity index (χ1n) is 6.95. The van der Waals surface area contributed by atoms with E-state index < -0.39 is 0 Å². The molecule has 0 aromatic carbocycles. The molecule has 1 aromatic rings. The smallest absolute Gasteiger partial charge is 0.139 e. The van der Waals surface area contributed by atoms with Crippen LogP contribution in [0.3, 0.4) is 0 Å². The molecule has 0 radical (unpaired) electrons. The van der Waals surface area contributed by atoms with Crippen LogP contribution in [0.1, 0.15) is 12.0 Å². The largest absolute Gasteiger partial charge is 0.376 e. The summed E-state index contributed by atoms with van der Waals surface area (Å²) < 4.78 is 5.78. The number of likely N-dealkylation sites (N-methyl/N-ethyl adjacent to an activating group) is 1. The van der Waals surface area contributed by atoms with E-state index >= 15 is 0 Å². The van der Waals surface area contributed by atoms with Gasteiger partial charge in [-0.3, -0.25) is 4.90 Å². The van der Waals surface area contributed by atoms with Crippen LogP contribution in [-0.4, -0.2) is 66.8 Å². The molecule has 0 amide bonds. The Morgan fingerprint density at radius 3 is 2.71 bits per heavy atom. The van der Waals surface area contributed by atoms with Crippen molar-refractivity contribution in [1.82, 2.24) is 14.9 Å². The van der Waals surface area contributed by atoms with Crippen LogP contribution in [0.15, 0.2) is 6.33 Å². The van der Waals surface area contributed by atoms with Gasteiger partial charge in [-0.05, 0) is 19.2 Å². The molecule has 7 heteroatoms. The monoisotopic (exact) mass is 330 g/mol. The van der Waals surface area contributed by atoms with Crippen molar-refractivity contribution in [2.75, 3.05) is 51.2 Å². The summed E-state index contributed by atoms with van der Waals surface area (Å²) in [6, 6.07) is 0. The van der Waals surface area contributed by atoms with Gasteiger partial charge in [-0.1, -0.05) is 11.6 Å². The Kier molecular flexibility index (Phi) is 5.71. The van der Waals surface area contributed by atoms with Gasteiger partial charge >= 0.3 is 0 Å². The molecule has 1 aliphatic rings. The third-order valence-electron chi connectivity index (χ3n) is 3.78. The standard InChI is InChI=1S/C14H23ClN4OS/c1-18(2)13-11(12(15)16-10-17-13)7-19(3)8-14(20-4)5-6-21-9-14/h10H,5-9H2,1-4H3. The van der Waals surface area contributed by atoms with Crippen LogP contribution < -0.4 is 4.90 Å². The van der Waals surface area contributed by atoms with Gasteiger partial charge in [0.2, 0.25) is 0 Å². The lowest BCUT2D eigenvalue weighted by atomic mass is 10.0. The second-order valence-corrected chi connectivity index (χ2v) is 7.19. The summed E-state index contributed by atoms with van der Waals surface area (Å²) in [4.78, 5) is 12.6. The molecule has 1 saturated heterocycles. The Bertz CT molecular complexity index is 480. The minimum Gasteiger partial charge on any atom is -0.376 e. The molecule has 1 aliphatic heterocycles. The zero-order valence-electron chi connectivity index (χ0n) is 13.1. The lowest BCUT2D eigenvalue weighted by molar-refractivity contribution is -0.0123. The summed E-state index contributed by atoms with van der Waals surface area (Å²) in [5.41, 5.74) is 0.920. The van der Waals surface area contributed by atoms with Gasteiger partial charge < -0.3 is 9.64 Å². The van der Waals surface area contributed by atoms with Crippen molar-refractivity contribution in [2.24, 2.45) is 0 Å². The van der Waals surface area contributed by atoms with Crippen LogP contribution in [0.4, 0.5) is 5.82 Å². The molecule has 118 valence electrons. The van der Waals surface area contributed by atoms with Crippen LogP contribution in [0.2, 0.25) is 5.15 Å². The van der Waals surface area contributed by atoms with E-state index in [1.54, 1.807) is 0 Å². The highest BCUT2D eigenvalue weighted by atomic mass is 35.5. The number of anilines is 1. The van der Waals surface area contributed by atoms with Gasteiger partial charge in [-0.2, -0.15) is 11.8 Å². The second kappa shape index (κ2) is 7.13. The first-order chi connectivity index (χ1) is 9.97. The Hall–Kier alpha value is -0.560. The molecule has 1 unspecified atom stereocenters. The number of thioether (sulfide) groups is 1. The molecule has 0 spiro atoms. The summed E-state index contributed by atoms with van der Waals surface area (Å²) in [6.45, 7) is 1.59. The van der Waals surface area contributed by atoms with E-state index in [0.29, 0.717) is 11.7 Å². The maximum Gasteiger partial charge on any atom is 0.139 e. The minimum atomic E-state index is -0.0419. The average Bonchev–Trinajstić information content (AvgIpc) is 2.89. The van der Waals surface area contributed by atoms with Gasteiger partial charge in [0, 0.05) is 45.6 Å². The zero-order valence-corrected chi connectivity index (χ0v) is 14.7. The number of methoxy groups -OCH3 is 1. The Morgan fingerprint density at radius 2 is 2.14 bits per heavy atom. The highest BCUT2D eigenvalue weighted by molar-refractivity contribution is 7.99. The summed E-state index contributed by atoms with van der Waals surface area (Å²) in [6.07, 6.45) is 2.60. The number of ether oxygens (including phenoxy) is 1. The van der Waals surface area contributed by atoms with E-state index in [4.69, 9.17) is 16.3 Å². The molecule has 2 rings (SSSR count). The van der Waals surface area contributed by atoms with Crippen LogP contribution in [0, 0.1) is 0 Å². The SMILES string of the molecule is COC1(CN(C)Cc2c(Cl)ncnc2N(C)C)CCSC1. The van der Waals surface area contributed by atoms with Crippen molar-refractivity contribution in [3.63, 3.8) is 0 Å². The number of rotatable bonds is 6. The number of halogens is 1. The van der Waals surface area contributed by atoms with Crippen LogP contribution in [0.5, 0.6) is 0 Å². The fraction of sp³-hybridized carbons (Fsp3) is 0.714. The van der Waals surface area contributed by atoms with Crippen molar-refractivity contribution < 1.29 is 4.74 Å². The van der Waals surface area contributed by atoms with Crippen molar-refractivity contribution in [3.8, 4) is 0 Å². The van der Waals surface area contributed by atoms with E-state index in [-0.39, 0.29) is 5.60 Å². The predicted octanol–water partition coefficient (Wildman–Crippen LogP) is 2.15. The van der Waals surface area contributed by atoms with Gasteiger partial charge in [0.05, 0.1) is 5.60 Å². The molecule has 5 nitrogen and oxygen atoms in total. The quantitative estimate of drug-likeness (QED) is 0.744. The number of nitrogens with zero attached hydrogens (tertiary/aromatic N) is 4. The Morgan fingerprint density at radius 1 is 1.38 bits per heavy atom. The molecule has 1 fully saturated rings. The normalized spacial score (nSPS) is 22.0. The molecule has 1 atom stereocenters. The van der Waals surface area contributed by atoms with E-state index in [9.17, 15) is 0 Å². The Balaban J connectivity index is 2.11. The summed E-state index contributed by atoms with van der Waals surface area (Å²) >= 11 is 8.22. The third kappa shape index (κ3) is 4.00. The summed E-state index contributed by atoms with van der Waals surface area (Å²) in [5.74, 6) is 3.09. The van der Waals surface area contributed by atoms with Crippen molar-refractivity contribution in [2.45, 2.75) is 18.6 Å². The van der Waals surface area contributed by atoms with E-state index in [1.807, 2.05) is 37.9 Å². The number of hydrogen-bond acceptors (Lipinski definition) is 6. The molecule has 0 saturated carbocycles. The molecule has 21 heavy (non-hydrogen) atoms. The fourth-order valence-corrected chi connectivity index (χ4v) is 4.23. The summed E-state index contributed by atoms with van der Waals surface area (Å²) in [5, 5.41) is 0.521. The minimum absolute atomic E-state index is 0.0419. The maximum absolute atomic E-state index is 6.26. The van der Waals surface area contributed by atoms with Crippen LogP contribution >= 0.6 is 23.4 Å². The lowest BCUT2D eigenvalue weighted by Crippen LogP contribution is -2.43. The topological polar surface area (TPSA) is 41.5 Å². The third-order valence-corrected chi connectivity index (χ3v) is 5.33. The van der Waals surface area contributed by atoms with E-state index in [2.05, 4.69) is 21.9 Å².